The molecule has 0 unspecified atom stereocenters. The van der Waals surface area contributed by atoms with Crippen molar-refractivity contribution in [3.8, 4) is 6.07 Å². The van der Waals surface area contributed by atoms with E-state index in [4.69, 9.17) is 28.5 Å². The topological polar surface area (TPSA) is 59.4 Å². The number of hydrogen-bond acceptors (Lipinski definition) is 4. The van der Waals surface area contributed by atoms with Crippen molar-refractivity contribution in [1.29, 1.82) is 5.26 Å². The highest BCUT2D eigenvalue weighted by molar-refractivity contribution is 6.35. The van der Waals surface area contributed by atoms with Gasteiger partial charge in [-0.1, -0.05) is 35.3 Å². The maximum atomic E-state index is 12.3. The molecule has 3 rings (SSSR count). The Bertz CT molecular complexity index is 840. The zero-order valence-electron chi connectivity index (χ0n) is 14.8. The molecule has 1 heterocycles. The van der Waals surface area contributed by atoms with Crippen LogP contribution in [0.2, 0.25) is 10.0 Å². The molecule has 0 aliphatic carbocycles. The lowest BCUT2D eigenvalue weighted by Gasteiger charge is -2.34. The average Bonchev–Trinajstić information content (AvgIpc) is 2.67. The molecule has 1 N–H and O–H groups in total. The SMILES string of the molecule is N#Cc1ccc(CN2CCN(CC(=O)Nc3cc(Cl)ccc3Cl)CC2)cc1. The normalized spacial score (nSPS) is 15.3. The maximum Gasteiger partial charge on any atom is 0.238 e. The average molecular weight is 403 g/mol. The summed E-state index contributed by atoms with van der Waals surface area (Å²) >= 11 is 12.0. The van der Waals surface area contributed by atoms with E-state index in [0.29, 0.717) is 27.8 Å². The fourth-order valence-electron chi connectivity index (χ4n) is 3.03. The second kappa shape index (κ2) is 9.20. The summed E-state index contributed by atoms with van der Waals surface area (Å²) in [4.78, 5) is 16.8. The number of rotatable bonds is 5. The fourth-order valence-corrected chi connectivity index (χ4v) is 3.37. The molecule has 0 saturated carbocycles. The van der Waals surface area contributed by atoms with Crippen LogP contribution in [0.1, 0.15) is 11.1 Å². The standard InChI is InChI=1S/C20H20Cl2N4O/c21-17-5-6-18(22)19(11-17)24-20(27)14-26-9-7-25(8-10-26)13-16-3-1-15(12-23)2-4-16/h1-6,11H,7-10,13-14H2,(H,24,27). The molecule has 5 nitrogen and oxygen atoms in total. The molecule has 0 atom stereocenters. The summed E-state index contributed by atoms with van der Waals surface area (Å²) in [5.74, 6) is -0.0975. The highest BCUT2D eigenvalue weighted by Crippen LogP contribution is 2.25. The van der Waals surface area contributed by atoms with Crippen LogP contribution in [0.5, 0.6) is 0 Å². The van der Waals surface area contributed by atoms with Crippen molar-refractivity contribution in [2.24, 2.45) is 0 Å². The van der Waals surface area contributed by atoms with E-state index >= 15 is 0 Å². The van der Waals surface area contributed by atoms with Crippen LogP contribution in [0.4, 0.5) is 5.69 Å². The first kappa shape index (κ1) is 19.7. The van der Waals surface area contributed by atoms with Gasteiger partial charge in [-0.3, -0.25) is 14.6 Å². The smallest absolute Gasteiger partial charge is 0.238 e. The zero-order valence-corrected chi connectivity index (χ0v) is 16.3. The second-order valence-corrected chi connectivity index (χ2v) is 7.38. The van der Waals surface area contributed by atoms with Crippen molar-refractivity contribution in [2.75, 3.05) is 38.0 Å². The lowest BCUT2D eigenvalue weighted by molar-refractivity contribution is -0.117. The molecule has 140 valence electrons. The number of nitriles is 1. The van der Waals surface area contributed by atoms with E-state index < -0.39 is 0 Å². The summed E-state index contributed by atoms with van der Waals surface area (Å²) in [6.45, 7) is 4.62. The largest absolute Gasteiger partial charge is 0.324 e. The first-order chi connectivity index (χ1) is 13.0. The summed E-state index contributed by atoms with van der Waals surface area (Å²) in [5.41, 5.74) is 2.40. The highest BCUT2D eigenvalue weighted by atomic mass is 35.5. The van der Waals surface area contributed by atoms with E-state index in [-0.39, 0.29) is 5.91 Å². The van der Waals surface area contributed by atoms with Crippen molar-refractivity contribution >= 4 is 34.8 Å². The van der Waals surface area contributed by atoms with E-state index in [0.717, 1.165) is 32.7 Å². The van der Waals surface area contributed by atoms with E-state index in [1.54, 1.807) is 18.2 Å². The van der Waals surface area contributed by atoms with Gasteiger partial charge in [0.05, 0.1) is 28.9 Å². The molecule has 0 spiro atoms. The van der Waals surface area contributed by atoms with Gasteiger partial charge in [0.2, 0.25) is 5.91 Å². The summed E-state index contributed by atoms with van der Waals surface area (Å²) in [6, 6.07) is 14.8. The van der Waals surface area contributed by atoms with Crippen molar-refractivity contribution in [1.82, 2.24) is 9.80 Å². The van der Waals surface area contributed by atoms with E-state index in [1.165, 1.54) is 5.56 Å². The Morgan fingerprint density at radius 3 is 2.37 bits per heavy atom. The van der Waals surface area contributed by atoms with Gasteiger partial charge in [-0.25, -0.2) is 0 Å². The molecule has 1 amide bonds. The lowest BCUT2D eigenvalue weighted by Crippen LogP contribution is -2.48. The number of piperazine rings is 1. The molecule has 1 aliphatic heterocycles. The van der Waals surface area contributed by atoms with Crippen LogP contribution in [0.3, 0.4) is 0 Å². The molecule has 1 fully saturated rings. The van der Waals surface area contributed by atoms with Gasteiger partial charge in [0.1, 0.15) is 0 Å². The molecule has 7 heteroatoms. The molecule has 0 radical (unpaired) electrons. The van der Waals surface area contributed by atoms with Crippen molar-refractivity contribution in [2.45, 2.75) is 6.54 Å². The van der Waals surface area contributed by atoms with Crippen molar-refractivity contribution < 1.29 is 4.79 Å². The number of carbonyl (C=O) groups is 1. The highest BCUT2D eigenvalue weighted by Gasteiger charge is 2.19. The molecular formula is C20H20Cl2N4O. The van der Waals surface area contributed by atoms with Gasteiger partial charge in [0, 0.05) is 37.7 Å². The Balaban J connectivity index is 1.45. The number of halogens is 2. The van der Waals surface area contributed by atoms with Crippen LogP contribution in [0.25, 0.3) is 0 Å². The first-order valence-electron chi connectivity index (χ1n) is 8.72. The van der Waals surface area contributed by atoms with Crippen LogP contribution >= 0.6 is 23.2 Å². The van der Waals surface area contributed by atoms with E-state index in [9.17, 15) is 4.79 Å². The van der Waals surface area contributed by atoms with Gasteiger partial charge in [-0.15, -0.1) is 0 Å². The maximum absolute atomic E-state index is 12.3. The van der Waals surface area contributed by atoms with Crippen molar-refractivity contribution in [3.05, 3.63) is 63.6 Å². The number of benzene rings is 2. The monoisotopic (exact) mass is 402 g/mol. The first-order valence-corrected chi connectivity index (χ1v) is 9.48. The minimum absolute atomic E-state index is 0.0975. The summed E-state index contributed by atoms with van der Waals surface area (Å²) in [7, 11) is 0. The van der Waals surface area contributed by atoms with E-state index in [1.807, 2.05) is 24.3 Å². The van der Waals surface area contributed by atoms with E-state index in [2.05, 4.69) is 21.2 Å². The van der Waals surface area contributed by atoms with Gasteiger partial charge >= 0.3 is 0 Å². The van der Waals surface area contributed by atoms with Gasteiger partial charge in [-0.2, -0.15) is 5.26 Å². The van der Waals surface area contributed by atoms with Crippen LogP contribution in [-0.4, -0.2) is 48.4 Å². The van der Waals surface area contributed by atoms with Gasteiger partial charge in [0.25, 0.3) is 0 Å². The van der Waals surface area contributed by atoms with Crippen LogP contribution < -0.4 is 5.32 Å². The minimum Gasteiger partial charge on any atom is -0.324 e. The Labute approximate surface area is 169 Å². The number of anilines is 1. The van der Waals surface area contributed by atoms with Gasteiger partial charge in [0.15, 0.2) is 0 Å². The summed E-state index contributed by atoms with van der Waals surface area (Å²) < 4.78 is 0. The van der Waals surface area contributed by atoms with Crippen LogP contribution in [0, 0.1) is 11.3 Å². The zero-order chi connectivity index (χ0) is 19.2. The molecular weight excluding hydrogens is 383 g/mol. The molecule has 1 aliphatic rings. The Morgan fingerprint density at radius 2 is 1.70 bits per heavy atom. The molecule has 27 heavy (non-hydrogen) atoms. The third-order valence-electron chi connectivity index (χ3n) is 4.52. The molecule has 0 aromatic heterocycles. The minimum atomic E-state index is -0.0975. The second-order valence-electron chi connectivity index (χ2n) is 6.53. The number of carbonyl (C=O) groups excluding carboxylic acids is 1. The quantitative estimate of drug-likeness (QED) is 0.829. The number of amides is 1. The fraction of sp³-hybridized carbons (Fsp3) is 0.300. The predicted molar refractivity (Wildman–Crippen MR) is 108 cm³/mol. The number of nitrogens with one attached hydrogen (secondary N) is 1. The van der Waals surface area contributed by atoms with Gasteiger partial charge in [-0.05, 0) is 35.9 Å². The molecule has 1 saturated heterocycles. The third kappa shape index (κ3) is 5.69. The predicted octanol–water partition coefficient (Wildman–Crippen LogP) is 3.62. The lowest BCUT2D eigenvalue weighted by atomic mass is 10.1. The van der Waals surface area contributed by atoms with Crippen LogP contribution in [0.15, 0.2) is 42.5 Å². The Hall–Kier alpha value is -2.10. The molecule has 2 aromatic rings. The molecule has 2 aromatic carbocycles. The van der Waals surface area contributed by atoms with Crippen LogP contribution in [-0.2, 0) is 11.3 Å². The summed E-state index contributed by atoms with van der Waals surface area (Å²) in [6.07, 6.45) is 0. The summed E-state index contributed by atoms with van der Waals surface area (Å²) in [5, 5.41) is 12.7. The van der Waals surface area contributed by atoms with Gasteiger partial charge < -0.3 is 5.32 Å². The Kier molecular flexibility index (Phi) is 6.70. The third-order valence-corrected chi connectivity index (χ3v) is 5.09. The number of nitrogens with zero attached hydrogens (tertiary/aromatic N) is 3. The Morgan fingerprint density at radius 1 is 1.04 bits per heavy atom. The molecule has 0 bridgehead atoms. The number of hydrogen-bond donors (Lipinski definition) is 1. The van der Waals surface area contributed by atoms with Crippen molar-refractivity contribution in [3.63, 3.8) is 0 Å².